The number of nitrogens with one attached hydrogen (secondary N) is 2. The number of aliphatic carboxylic acids is 1. The Morgan fingerprint density at radius 1 is 0.738 bits per heavy atom. The third-order valence-corrected chi connectivity index (χ3v) is 6.62. The van der Waals surface area contributed by atoms with E-state index < -0.39 is 51.6 Å². The first kappa shape index (κ1) is 34.9. The van der Waals surface area contributed by atoms with Crippen molar-refractivity contribution in [3.05, 3.63) is 59.7 Å². The van der Waals surface area contributed by atoms with Crippen LogP contribution in [-0.2, 0) is 36.4 Å². The molecule has 2 aromatic rings. The Morgan fingerprint density at radius 2 is 1.19 bits per heavy atom. The maximum Gasteiger partial charge on any atom is 0.524 e. The molecule has 0 radical (unpaired) electrons. The van der Waals surface area contributed by atoms with Gasteiger partial charge in [-0.1, -0.05) is 24.3 Å². The average molecular weight is 633 g/mol. The Morgan fingerprint density at radius 3 is 1.62 bits per heavy atom. The standard InChI is InChI=1S/C24H34N4O12P2/c25-12-2-1-3-20(27-22(29)19(26)13-15-4-8-17(9-5-15)39-41(33,34)35)23(30)28-21(24(31)32)14-16-6-10-18(11-7-16)40-42(36,37)38/h4-11,19-21H,1-3,12-14,25-26H2,(H,27,29)(H,28,30)(H,31,32)(H2,33,34,35)(H2,36,37,38)/t19-,20-,21-/m0/s1. The second kappa shape index (κ2) is 15.8. The van der Waals surface area contributed by atoms with E-state index in [9.17, 15) is 28.6 Å². The van der Waals surface area contributed by atoms with E-state index in [0.717, 1.165) is 0 Å². The van der Waals surface area contributed by atoms with Crippen molar-refractivity contribution < 1.29 is 57.2 Å². The number of amides is 2. The molecule has 18 heteroatoms. The first-order chi connectivity index (χ1) is 19.6. The van der Waals surface area contributed by atoms with E-state index in [1.54, 1.807) is 0 Å². The Hall–Kier alpha value is -3.33. The predicted molar refractivity (Wildman–Crippen MR) is 148 cm³/mol. The lowest BCUT2D eigenvalue weighted by Crippen LogP contribution is -2.55. The molecule has 0 heterocycles. The van der Waals surface area contributed by atoms with E-state index in [0.29, 0.717) is 30.5 Å². The van der Waals surface area contributed by atoms with Gasteiger partial charge in [0.15, 0.2) is 0 Å². The fraction of sp³-hybridized carbons (Fsp3) is 0.375. The van der Waals surface area contributed by atoms with Crippen molar-refractivity contribution in [3.8, 4) is 11.5 Å². The third-order valence-electron chi connectivity index (χ3n) is 5.72. The number of carboxylic acids is 1. The molecule has 0 spiro atoms. The minimum Gasteiger partial charge on any atom is -0.480 e. The summed E-state index contributed by atoms with van der Waals surface area (Å²) < 4.78 is 30.8. The van der Waals surface area contributed by atoms with Gasteiger partial charge >= 0.3 is 21.6 Å². The molecule has 0 saturated heterocycles. The van der Waals surface area contributed by atoms with Gasteiger partial charge in [0, 0.05) is 6.42 Å². The number of carbonyl (C=O) groups excluding carboxylic acids is 2. The van der Waals surface area contributed by atoms with Crippen LogP contribution in [0.2, 0.25) is 0 Å². The first-order valence-electron chi connectivity index (χ1n) is 12.5. The molecule has 2 aromatic carbocycles. The highest BCUT2D eigenvalue weighted by molar-refractivity contribution is 7.47. The third kappa shape index (κ3) is 13.1. The van der Waals surface area contributed by atoms with Gasteiger partial charge in [0.05, 0.1) is 6.04 Å². The summed E-state index contributed by atoms with van der Waals surface area (Å²) in [5.41, 5.74) is 12.5. The van der Waals surface area contributed by atoms with E-state index in [-0.39, 0.29) is 30.8 Å². The van der Waals surface area contributed by atoms with E-state index in [4.69, 9.17) is 31.0 Å². The van der Waals surface area contributed by atoms with Crippen LogP contribution < -0.4 is 31.1 Å². The van der Waals surface area contributed by atoms with Gasteiger partial charge in [-0.25, -0.2) is 13.9 Å². The molecule has 11 N–H and O–H groups in total. The summed E-state index contributed by atoms with van der Waals surface area (Å²) in [5.74, 6) is -3.02. The molecule has 0 bridgehead atoms. The molecule has 42 heavy (non-hydrogen) atoms. The molecule has 0 fully saturated rings. The molecule has 0 aromatic heterocycles. The molecule has 0 unspecified atom stereocenters. The lowest BCUT2D eigenvalue weighted by Gasteiger charge is -2.23. The molecule has 2 rings (SSSR count). The highest BCUT2D eigenvalue weighted by Gasteiger charge is 2.28. The van der Waals surface area contributed by atoms with Crippen LogP contribution >= 0.6 is 15.6 Å². The molecular formula is C24H34N4O12P2. The molecule has 0 aliphatic carbocycles. The van der Waals surface area contributed by atoms with Crippen LogP contribution in [0.5, 0.6) is 11.5 Å². The van der Waals surface area contributed by atoms with Gasteiger partial charge in [0.2, 0.25) is 11.8 Å². The Bertz CT molecular complexity index is 1300. The second-order valence-electron chi connectivity index (χ2n) is 9.21. The predicted octanol–water partition coefficient (Wildman–Crippen LogP) is -0.0747. The molecule has 0 aliphatic heterocycles. The zero-order valence-electron chi connectivity index (χ0n) is 22.2. The maximum absolute atomic E-state index is 13.1. The Balaban J connectivity index is 2.06. The monoisotopic (exact) mass is 632 g/mol. The van der Waals surface area contributed by atoms with Crippen molar-refractivity contribution in [3.63, 3.8) is 0 Å². The minimum absolute atomic E-state index is 0.0125. The maximum atomic E-state index is 13.1. The van der Waals surface area contributed by atoms with Crippen LogP contribution in [0, 0.1) is 0 Å². The Kier molecular flexibility index (Phi) is 13.1. The smallest absolute Gasteiger partial charge is 0.480 e. The molecule has 16 nitrogen and oxygen atoms in total. The van der Waals surface area contributed by atoms with Crippen molar-refractivity contribution in [1.29, 1.82) is 0 Å². The van der Waals surface area contributed by atoms with E-state index >= 15 is 0 Å². The van der Waals surface area contributed by atoms with Gasteiger partial charge in [-0.3, -0.25) is 29.2 Å². The summed E-state index contributed by atoms with van der Waals surface area (Å²) in [6.45, 7) is 0.336. The number of benzene rings is 2. The minimum atomic E-state index is -4.77. The van der Waals surface area contributed by atoms with Gasteiger partial charge in [-0.2, -0.15) is 0 Å². The van der Waals surface area contributed by atoms with Crippen LogP contribution in [0.3, 0.4) is 0 Å². The van der Waals surface area contributed by atoms with E-state index in [1.807, 2.05) is 0 Å². The number of phosphoric acid groups is 2. The first-order valence-corrected chi connectivity index (χ1v) is 15.6. The van der Waals surface area contributed by atoms with Gasteiger partial charge in [-0.15, -0.1) is 0 Å². The number of rotatable bonds is 17. The van der Waals surface area contributed by atoms with Crippen LogP contribution in [0.15, 0.2) is 48.5 Å². The zero-order valence-corrected chi connectivity index (χ0v) is 24.0. The van der Waals surface area contributed by atoms with E-state index in [1.165, 1.54) is 48.5 Å². The van der Waals surface area contributed by atoms with Gasteiger partial charge in [0.1, 0.15) is 23.6 Å². The molecular weight excluding hydrogens is 598 g/mol. The highest BCUT2D eigenvalue weighted by atomic mass is 31.2. The van der Waals surface area contributed by atoms with Crippen LogP contribution in [0.1, 0.15) is 30.4 Å². The average Bonchev–Trinajstić information content (AvgIpc) is 2.88. The number of carbonyl (C=O) groups is 3. The highest BCUT2D eigenvalue weighted by Crippen LogP contribution is 2.38. The number of hydrogen-bond donors (Lipinski definition) is 9. The summed E-state index contributed by atoms with van der Waals surface area (Å²) >= 11 is 0. The summed E-state index contributed by atoms with van der Waals surface area (Å²) in [5, 5.41) is 14.6. The molecule has 0 saturated carbocycles. The molecule has 0 aliphatic rings. The van der Waals surface area contributed by atoms with Gasteiger partial charge in [0.25, 0.3) is 0 Å². The Labute approximate surface area is 240 Å². The van der Waals surface area contributed by atoms with Gasteiger partial charge in [-0.05, 0) is 67.6 Å². The molecule has 232 valence electrons. The zero-order chi connectivity index (χ0) is 31.5. The normalized spacial score (nSPS) is 13.9. The summed E-state index contributed by atoms with van der Waals surface area (Å²) in [4.78, 5) is 73.4. The topological polar surface area (TPSA) is 281 Å². The lowest BCUT2D eigenvalue weighted by atomic mass is 10.0. The number of nitrogens with two attached hydrogens (primary N) is 2. The quantitative estimate of drug-likeness (QED) is 0.0815. The van der Waals surface area contributed by atoms with Crippen molar-refractivity contribution in [2.45, 2.75) is 50.2 Å². The van der Waals surface area contributed by atoms with Crippen LogP contribution in [0.4, 0.5) is 0 Å². The number of carboxylic acid groups (broad SMARTS) is 1. The van der Waals surface area contributed by atoms with Crippen LogP contribution in [0.25, 0.3) is 0 Å². The summed E-state index contributed by atoms with van der Waals surface area (Å²) in [7, 11) is -9.50. The second-order valence-corrected chi connectivity index (χ2v) is 11.5. The van der Waals surface area contributed by atoms with Crippen molar-refractivity contribution in [2.75, 3.05) is 6.54 Å². The fourth-order valence-corrected chi connectivity index (χ4v) is 4.54. The number of hydrogen-bond acceptors (Lipinski definition) is 9. The van der Waals surface area contributed by atoms with E-state index in [2.05, 4.69) is 19.7 Å². The fourth-order valence-electron chi connectivity index (χ4n) is 3.74. The number of unbranched alkanes of at least 4 members (excludes halogenated alkanes) is 1. The molecule has 3 atom stereocenters. The largest absolute Gasteiger partial charge is 0.524 e. The molecule has 2 amide bonds. The van der Waals surface area contributed by atoms with Crippen molar-refractivity contribution in [2.24, 2.45) is 11.5 Å². The van der Waals surface area contributed by atoms with Crippen molar-refractivity contribution >= 4 is 33.4 Å². The summed E-state index contributed by atoms with van der Waals surface area (Å²) in [6, 6.07) is 7.13. The SMILES string of the molecule is NCCCC[C@H](NC(=O)[C@@H](N)Cc1ccc(OP(=O)(O)O)cc1)C(=O)N[C@@H](Cc1ccc(OP(=O)(O)O)cc1)C(=O)O. The lowest BCUT2D eigenvalue weighted by molar-refractivity contribution is -0.142. The summed E-state index contributed by atoms with van der Waals surface area (Å²) in [6.07, 6.45) is 0.974. The number of phosphoric ester groups is 2. The van der Waals surface area contributed by atoms with Crippen molar-refractivity contribution in [1.82, 2.24) is 10.6 Å². The van der Waals surface area contributed by atoms with Gasteiger partial charge < -0.3 is 36.3 Å². The van der Waals surface area contributed by atoms with Crippen LogP contribution in [-0.4, -0.2) is 67.1 Å².